The number of rotatable bonds is 2. The molecule has 2 aliphatic heterocycles. The van der Waals surface area contributed by atoms with E-state index in [1.54, 1.807) is 0 Å². The van der Waals surface area contributed by atoms with Crippen molar-refractivity contribution in [3.05, 3.63) is 226 Å². The van der Waals surface area contributed by atoms with Gasteiger partial charge in [0.25, 0.3) is 0 Å². The van der Waals surface area contributed by atoms with Gasteiger partial charge in [0.05, 0.1) is 0 Å². The van der Waals surface area contributed by atoms with Crippen molar-refractivity contribution in [1.82, 2.24) is 0 Å². The summed E-state index contributed by atoms with van der Waals surface area (Å²) in [5, 5.41) is 10.9. The second kappa shape index (κ2) is 15.5. The Labute approximate surface area is 505 Å². The standard InChI is InChI=1S/C82H66O2Si2/c1-79(2)59-25-17-13-21-45(59)53-35-65-55(37-63(53)79)47-31-29-43(33-61(47)81(65,5)6)51-39-71-73(75-49-23-15-19-27-67(49)83-77(51)75)57-41-70-58(42-69(57)85(71,9)10)74-72(86(70,11)12)40-52(78-76(74)50-24-16-20-28-68(50)84-78)44-30-32-48-56-38-64-54(36-66(56)82(7,8)62(48)34-44)46-22-14-18-26-60(46)80(64,3)4/h13-42H,1-12H3. The van der Waals surface area contributed by atoms with Crippen LogP contribution in [0.4, 0.5) is 0 Å². The van der Waals surface area contributed by atoms with Gasteiger partial charge < -0.3 is 8.83 Å². The number of hydrogen-bond acceptors (Lipinski definition) is 2. The number of para-hydroxylation sites is 2. The average molecular weight is 1140 g/mol. The van der Waals surface area contributed by atoms with E-state index in [1.165, 1.54) is 176 Å². The molecule has 414 valence electrons. The third-order valence-electron chi connectivity index (χ3n) is 23.1. The van der Waals surface area contributed by atoms with E-state index in [0.717, 1.165) is 22.3 Å². The van der Waals surface area contributed by atoms with Crippen LogP contribution in [0.25, 0.3) is 133 Å². The molecular formula is C82H66O2Si2. The molecule has 2 aromatic heterocycles. The van der Waals surface area contributed by atoms with E-state index in [0.29, 0.717) is 0 Å². The van der Waals surface area contributed by atoms with Crippen molar-refractivity contribution < 1.29 is 8.83 Å². The van der Waals surface area contributed by atoms with E-state index in [1.807, 2.05) is 0 Å². The molecule has 0 amide bonds. The third-order valence-corrected chi connectivity index (χ3v) is 30.1. The first kappa shape index (κ1) is 49.7. The molecule has 0 N–H and O–H groups in total. The fourth-order valence-corrected chi connectivity index (χ4v) is 24.4. The minimum Gasteiger partial charge on any atom is -0.455 e. The van der Waals surface area contributed by atoms with E-state index in [4.69, 9.17) is 8.83 Å². The highest BCUT2D eigenvalue weighted by molar-refractivity contribution is 7.06. The van der Waals surface area contributed by atoms with Crippen LogP contribution in [-0.2, 0) is 21.7 Å². The van der Waals surface area contributed by atoms with Crippen molar-refractivity contribution in [3.63, 3.8) is 0 Å². The Morgan fingerprint density at radius 1 is 0.267 bits per heavy atom. The smallest absolute Gasteiger partial charge is 0.143 e. The molecule has 0 radical (unpaired) electrons. The maximum Gasteiger partial charge on any atom is 0.143 e. The number of benzene rings is 11. The summed E-state index contributed by atoms with van der Waals surface area (Å²) in [6.45, 7) is 29.8. The molecule has 11 aromatic carbocycles. The van der Waals surface area contributed by atoms with E-state index in [2.05, 4.69) is 264 Å². The summed E-state index contributed by atoms with van der Waals surface area (Å²) in [4.78, 5) is 0. The molecule has 13 aromatic rings. The quantitative estimate of drug-likeness (QED) is 0.161. The molecule has 0 spiro atoms. The molecule has 6 aliphatic rings. The molecule has 0 saturated heterocycles. The highest BCUT2D eigenvalue weighted by atomic mass is 28.3. The van der Waals surface area contributed by atoms with Gasteiger partial charge in [0.2, 0.25) is 0 Å². The number of fused-ring (bicyclic) bond motifs is 26. The highest BCUT2D eigenvalue weighted by Gasteiger charge is 2.48. The van der Waals surface area contributed by atoms with E-state index in [9.17, 15) is 0 Å². The molecule has 2 nitrogen and oxygen atoms in total. The topological polar surface area (TPSA) is 26.3 Å². The lowest BCUT2D eigenvalue weighted by Crippen LogP contribution is -2.51. The SMILES string of the molecule is CC1(C)c2ccccc2-c2cc3c(cc21)-c1ccc(-c2cc4c(c5c2oc2ccccc25)-c2cc5c(cc2[Si]4(C)C)-c2c(cc(-c4ccc6c(c4)C(C)(C)c4cc7c(cc4-6)C(C)(C)c4ccccc4-7)c4oc6ccccc6c24)[Si]5(C)C)cc1C3(C)C. The molecule has 86 heavy (non-hydrogen) atoms. The van der Waals surface area contributed by atoms with Gasteiger partial charge in [0.1, 0.15) is 38.5 Å². The Balaban J connectivity index is 0.770. The van der Waals surface area contributed by atoms with E-state index < -0.39 is 16.1 Å². The van der Waals surface area contributed by atoms with E-state index in [-0.39, 0.29) is 21.7 Å². The second-order valence-electron chi connectivity index (χ2n) is 29.5. The van der Waals surface area contributed by atoms with Crippen LogP contribution in [0.15, 0.2) is 191 Å². The third kappa shape index (κ3) is 5.76. The minimum absolute atomic E-state index is 0.0619. The Hall–Kier alpha value is -8.55. The molecule has 0 bridgehead atoms. The van der Waals surface area contributed by atoms with Crippen LogP contribution in [0.1, 0.15) is 99.9 Å². The average Bonchev–Trinajstić information content (AvgIpc) is 1.57. The lowest BCUT2D eigenvalue weighted by Gasteiger charge is -2.24. The van der Waals surface area contributed by atoms with Crippen molar-refractivity contribution >= 4 is 80.8 Å². The fourth-order valence-electron chi connectivity index (χ4n) is 18.3. The maximum absolute atomic E-state index is 7.22. The minimum atomic E-state index is -2.39. The first-order valence-electron chi connectivity index (χ1n) is 31.2. The highest BCUT2D eigenvalue weighted by Crippen LogP contribution is 2.60. The summed E-state index contributed by atoms with van der Waals surface area (Å²) < 4.78 is 14.4. The van der Waals surface area contributed by atoms with Crippen LogP contribution in [0.3, 0.4) is 0 Å². The zero-order valence-electron chi connectivity index (χ0n) is 51.1. The summed E-state index contributed by atoms with van der Waals surface area (Å²) in [6, 6.07) is 71.0. The zero-order chi connectivity index (χ0) is 58.4. The van der Waals surface area contributed by atoms with Crippen LogP contribution < -0.4 is 20.7 Å². The molecule has 0 saturated carbocycles. The predicted octanol–water partition coefficient (Wildman–Crippen LogP) is 19.7. The fraction of sp³-hybridized carbons (Fsp3) is 0.195. The number of furan rings is 2. The van der Waals surface area contributed by atoms with Crippen LogP contribution in [0, 0.1) is 0 Å². The molecule has 0 unspecified atom stereocenters. The van der Waals surface area contributed by atoms with Crippen molar-refractivity contribution in [2.75, 3.05) is 0 Å². The van der Waals surface area contributed by atoms with Gasteiger partial charge in [-0.2, -0.15) is 0 Å². The lowest BCUT2D eigenvalue weighted by atomic mass is 9.79. The largest absolute Gasteiger partial charge is 0.455 e. The van der Waals surface area contributed by atoms with Crippen molar-refractivity contribution in [2.24, 2.45) is 0 Å². The maximum atomic E-state index is 7.22. The predicted molar refractivity (Wildman–Crippen MR) is 366 cm³/mol. The van der Waals surface area contributed by atoms with Gasteiger partial charge in [-0.1, -0.05) is 215 Å². The van der Waals surface area contributed by atoms with Crippen molar-refractivity contribution in [3.8, 4) is 89.0 Å². The molecule has 4 heterocycles. The van der Waals surface area contributed by atoms with Gasteiger partial charge in [-0.15, -0.1) is 0 Å². The summed E-state index contributed by atoms with van der Waals surface area (Å²) in [5.74, 6) is 0. The normalized spacial score (nSPS) is 17.6. The summed E-state index contributed by atoms with van der Waals surface area (Å²) in [7, 11) is -4.78. The molecule has 19 rings (SSSR count). The van der Waals surface area contributed by atoms with Gasteiger partial charge in [-0.25, -0.2) is 0 Å². The van der Waals surface area contributed by atoms with Crippen molar-refractivity contribution in [1.29, 1.82) is 0 Å². The summed E-state index contributed by atoms with van der Waals surface area (Å²) in [6.07, 6.45) is 0. The molecule has 0 atom stereocenters. The molecule has 4 heteroatoms. The van der Waals surface area contributed by atoms with Gasteiger partial charge in [-0.05, 0) is 192 Å². The first-order chi connectivity index (χ1) is 41.2. The van der Waals surface area contributed by atoms with Crippen molar-refractivity contribution in [2.45, 2.75) is 103 Å². The number of hydrogen-bond donors (Lipinski definition) is 0. The van der Waals surface area contributed by atoms with Gasteiger partial charge in [0.15, 0.2) is 0 Å². The molecular weight excluding hydrogens is 1070 g/mol. The van der Waals surface area contributed by atoms with E-state index >= 15 is 0 Å². The monoisotopic (exact) mass is 1140 g/mol. The van der Waals surface area contributed by atoms with Crippen LogP contribution in [0.5, 0.6) is 0 Å². The van der Waals surface area contributed by atoms with Crippen LogP contribution in [-0.4, -0.2) is 16.1 Å². The summed E-state index contributed by atoms with van der Waals surface area (Å²) in [5.41, 5.74) is 36.0. The van der Waals surface area contributed by atoms with Gasteiger partial charge in [0, 0.05) is 54.3 Å². The Bertz CT molecular complexity index is 5070. The van der Waals surface area contributed by atoms with Crippen LogP contribution >= 0.6 is 0 Å². The molecule has 4 aliphatic carbocycles. The second-order valence-corrected chi connectivity index (χ2v) is 38.1. The first-order valence-corrected chi connectivity index (χ1v) is 37.2. The Morgan fingerprint density at radius 3 is 0.977 bits per heavy atom. The Morgan fingerprint density at radius 2 is 0.581 bits per heavy atom. The zero-order valence-corrected chi connectivity index (χ0v) is 53.1. The summed E-state index contributed by atoms with van der Waals surface area (Å²) >= 11 is 0. The Kier molecular flexibility index (Phi) is 8.97. The lowest BCUT2D eigenvalue weighted by molar-refractivity contribution is 0.652. The van der Waals surface area contributed by atoms with Crippen LogP contribution in [0.2, 0.25) is 26.2 Å². The van der Waals surface area contributed by atoms with Gasteiger partial charge in [-0.3, -0.25) is 0 Å². The molecule has 0 fully saturated rings. The van der Waals surface area contributed by atoms with Gasteiger partial charge >= 0.3 is 0 Å².